The lowest BCUT2D eigenvalue weighted by Crippen LogP contribution is -2.16. The predicted octanol–water partition coefficient (Wildman–Crippen LogP) is 4.73. The highest BCUT2D eigenvalue weighted by Gasteiger charge is 2.17. The summed E-state index contributed by atoms with van der Waals surface area (Å²) in [4.78, 5) is 25.9. The first-order valence-electron chi connectivity index (χ1n) is 11.9. The lowest BCUT2D eigenvalue weighted by molar-refractivity contribution is -0.146. The molecule has 4 aromatic rings. The van der Waals surface area contributed by atoms with Crippen LogP contribution in [0.4, 0.5) is 0 Å². The molecule has 0 bridgehead atoms. The van der Waals surface area contributed by atoms with E-state index in [0.717, 1.165) is 33.4 Å². The van der Waals surface area contributed by atoms with Crippen molar-refractivity contribution in [1.29, 1.82) is 0 Å². The molecular weight excluding hydrogens is 470 g/mol. The predicted molar refractivity (Wildman–Crippen MR) is 140 cm³/mol. The second kappa shape index (κ2) is 11.2. The lowest BCUT2D eigenvalue weighted by Gasteiger charge is -2.13. The fourth-order valence-electron chi connectivity index (χ4n) is 4.00. The van der Waals surface area contributed by atoms with E-state index in [0.29, 0.717) is 23.0 Å². The number of carbonyl (C=O) groups is 1. The summed E-state index contributed by atoms with van der Waals surface area (Å²) in [7, 11) is 0. The van der Waals surface area contributed by atoms with Crippen LogP contribution in [0.1, 0.15) is 22.3 Å². The Labute approximate surface area is 215 Å². The van der Waals surface area contributed by atoms with Crippen molar-refractivity contribution in [3.8, 4) is 45.7 Å². The molecule has 0 saturated heterocycles. The first kappa shape index (κ1) is 25.8. The maximum atomic E-state index is 11.6. The summed E-state index contributed by atoms with van der Waals surface area (Å²) >= 11 is 0. The van der Waals surface area contributed by atoms with Gasteiger partial charge in [0.2, 0.25) is 0 Å². The first-order valence-corrected chi connectivity index (χ1v) is 11.9. The maximum Gasteiger partial charge on any atom is 0.344 e. The van der Waals surface area contributed by atoms with Crippen LogP contribution >= 0.6 is 0 Å². The van der Waals surface area contributed by atoms with Gasteiger partial charge in [0.05, 0.1) is 12.2 Å². The van der Waals surface area contributed by atoms with E-state index in [4.69, 9.17) is 29.5 Å². The number of benzene rings is 3. The van der Waals surface area contributed by atoms with Gasteiger partial charge < -0.3 is 19.7 Å². The molecule has 1 heterocycles. The van der Waals surface area contributed by atoms with E-state index in [2.05, 4.69) is 12.1 Å². The summed E-state index contributed by atoms with van der Waals surface area (Å²) in [6.45, 7) is 7.38. The van der Waals surface area contributed by atoms with Gasteiger partial charge in [0, 0.05) is 17.2 Å². The zero-order valence-corrected chi connectivity index (χ0v) is 21.3. The SMILES string of the molecule is Cc1ccc(-c2nc(-c3ccc(C)cc3C)nc(-c3ccc(OCC(=O)OCCO)cc3O)n2)c(C)c1. The molecule has 0 saturated carbocycles. The number of esters is 1. The van der Waals surface area contributed by atoms with Gasteiger partial charge in [-0.3, -0.25) is 0 Å². The Morgan fingerprint density at radius 2 is 1.27 bits per heavy atom. The summed E-state index contributed by atoms with van der Waals surface area (Å²) < 4.78 is 10.2. The average molecular weight is 500 g/mol. The molecule has 2 N–H and O–H groups in total. The number of aliphatic hydroxyl groups is 1. The van der Waals surface area contributed by atoms with Gasteiger partial charge in [0.1, 0.15) is 18.1 Å². The van der Waals surface area contributed by atoms with E-state index in [-0.39, 0.29) is 31.3 Å². The van der Waals surface area contributed by atoms with Crippen molar-refractivity contribution in [1.82, 2.24) is 15.0 Å². The Bertz CT molecular complexity index is 1380. The number of phenols is 1. The summed E-state index contributed by atoms with van der Waals surface area (Å²) in [5.74, 6) is 0.872. The van der Waals surface area contributed by atoms with E-state index in [1.54, 1.807) is 12.1 Å². The quantitative estimate of drug-likeness (QED) is 0.335. The molecule has 0 aliphatic carbocycles. The minimum Gasteiger partial charge on any atom is -0.507 e. The Kier molecular flexibility index (Phi) is 7.79. The molecule has 8 heteroatoms. The third-order valence-electron chi connectivity index (χ3n) is 5.80. The number of phenolic OH excluding ortho intramolecular Hbond substituents is 1. The lowest BCUT2D eigenvalue weighted by atomic mass is 10.0. The highest BCUT2D eigenvalue weighted by molar-refractivity contribution is 5.73. The third-order valence-corrected chi connectivity index (χ3v) is 5.80. The molecule has 0 spiro atoms. The normalized spacial score (nSPS) is 10.8. The third kappa shape index (κ3) is 6.10. The molecule has 0 radical (unpaired) electrons. The zero-order chi connectivity index (χ0) is 26.5. The van der Waals surface area contributed by atoms with Crippen LogP contribution in [-0.2, 0) is 9.53 Å². The molecule has 0 fully saturated rings. The molecule has 1 aromatic heterocycles. The number of carbonyl (C=O) groups excluding carboxylic acids is 1. The van der Waals surface area contributed by atoms with Gasteiger partial charge in [0.25, 0.3) is 0 Å². The van der Waals surface area contributed by atoms with Gasteiger partial charge in [0.15, 0.2) is 24.1 Å². The van der Waals surface area contributed by atoms with Gasteiger partial charge in [-0.1, -0.05) is 47.5 Å². The number of hydrogen-bond acceptors (Lipinski definition) is 8. The molecule has 37 heavy (non-hydrogen) atoms. The van der Waals surface area contributed by atoms with Crippen molar-refractivity contribution in [2.45, 2.75) is 27.7 Å². The molecule has 0 aliphatic rings. The minimum atomic E-state index is -0.619. The Balaban J connectivity index is 1.76. The van der Waals surface area contributed by atoms with Crippen LogP contribution in [0.2, 0.25) is 0 Å². The van der Waals surface area contributed by atoms with Crippen LogP contribution in [0.3, 0.4) is 0 Å². The van der Waals surface area contributed by atoms with Crippen LogP contribution in [0.15, 0.2) is 54.6 Å². The molecule has 0 aliphatic heterocycles. The smallest absolute Gasteiger partial charge is 0.344 e. The van der Waals surface area contributed by atoms with Crippen molar-refractivity contribution in [2.24, 2.45) is 0 Å². The number of hydrogen-bond donors (Lipinski definition) is 2. The number of aromatic nitrogens is 3. The van der Waals surface area contributed by atoms with Crippen molar-refractivity contribution >= 4 is 5.97 Å². The monoisotopic (exact) mass is 499 g/mol. The molecular formula is C29H29N3O5. The second-order valence-electron chi connectivity index (χ2n) is 8.85. The number of aromatic hydroxyl groups is 1. The Hall–Kier alpha value is -4.30. The van der Waals surface area contributed by atoms with Crippen LogP contribution in [0, 0.1) is 27.7 Å². The average Bonchev–Trinajstić information content (AvgIpc) is 2.86. The highest BCUT2D eigenvalue weighted by atomic mass is 16.6. The van der Waals surface area contributed by atoms with Gasteiger partial charge in [-0.15, -0.1) is 0 Å². The Morgan fingerprint density at radius 3 is 1.76 bits per heavy atom. The molecule has 4 rings (SSSR count). The van der Waals surface area contributed by atoms with Gasteiger partial charge in [-0.2, -0.15) is 0 Å². The van der Waals surface area contributed by atoms with Crippen molar-refractivity contribution in [3.05, 3.63) is 76.9 Å². The molecule has 0 unspecified atom stereocenters. The van der Waals surface area contributed by atoms with Crippen molar-refractivity contribution < 1.29 is 24.5 Å². The van der Waals surface area contributed by atoms with Crippen LogP contribution in [0.25, 0.3) is 34.2 Å². The first-order chi connectivity index (χ1) is 17.7. The summed E-state index contributed by atoms with van der Waals surface area (Å²) in [6.07, 6.45) is 0. The summed E-state index contributed by atoms with van der Waals surface area (Å²) in [5, 5.41) is 19.6. The summed E-state index contributed by atoms with van der Waals surface area (Å²) in [5.41, 5.74) is 6.49. The van der Waals surface area contributed by atoms with Gasteiger partial charge in [-0.25, -0.2) is 19.7 Å². The molecule has 0 atom stereocenters. The number of ether oxygens (including phenoxy) is 2. The highest BCUT2D eigenvalue weighted by Crippen LogP contribution is 2.34. The van der Waals surface area contributed by atoms with E-state index < -0.39 is 5.97 Å². The standard InChI is InChI=1S/C29H29N3O5/c1-17-5-8-22(19(3)13-17)27-30-28(23-9-6-18(2)14-20(23)4)32-29(31-27)24-10-7-21(15-25(24)34)37-16-26(35)36-12-11-33/h5-10,13-15,33-34H,11-12,16H2,1-4H3. The van der Waals surface area contributed by atoms with E-state index in [9.17, 15) is 9.90 Å². The molecule has 8 nitrogen and oxygen atoms in total. The topological polar surface area (TPSA) is 115 Å². The molecule has 190 valence electrons. The number of aliphatic hydroxyl groups excluding tert-OH is 1. The van der Waals surface area contributed by atoms with Crippen LogP contribution in [0.5, 0.6) is 11.5 Å². The van der Waals surface area contributed by atoms with E-state index in [1.165, 1.54) is 6.07 Å². The number of aryl methyl sites for hydroxylation is 4. The van der Waals surface area contributed by atoms with Crippen LogP contribution in [-0.4, -0.2) is 51.0 Å². The fraction of sp³-hybridized carbons (Fsp3) is 0.241. The zero-order valence-electron chi connectivity index (χ0n) is 21.3. The summed E-state index contributed by atoms with van der Waals surface area (Å²) in [6, 6.07) is 16.8. The molecule has 0 amide bonds. The molecule has 3 aromatic carbocycles. The van der Waals surface area contributed by atoms with E-state index in [1.807, 2.05) is 52.0 Å². The largest absolute Gasteiger partial charge is 0.507 e. The Morgan fingerprint density at radius 1 is 0.757 bits per heavy atom. The fourth-order valence-corrected chi connectivity index (χ4v) is 4.00. The van der Waals surface area contributed by atoms with Gasteiger partial charge >= 0.3 is 5.97 Å². The second-order valence-corrected chi connectivity index (χ2v) is 8.85. The minimum absolute atomic E-state index is 0.0999. The van der Waals surface area contributed by atoms with E-state index >= 15 is 0 Å². The van der Waals surface area contributed by atoms with Crippen molar-refractivity contribution in [3.63, 3.8) is 0 Å². The van der Waals surface area contributed by atoms with Gasteiger partial charge in [-0.05, 0) is 51.0 Å². The number of rotatable bonds is 8. The maximum absolute atomic E-state index is 11.6. The van der Waals surface area contributed by atoms with Crippen molar-refractivity contribution in [2.75, 3.05) is 19.8 Å². The van der Waals surface area contributed by atoms with Crippen LogP contribution < -0.4 is 4.74 Å². The number of nitrogens with zero attached hydrogens (tertiary/aromatic N) is 3.